The first kappa shape index (κ1) is 12.6. The molecule has 20 heavy (non-hydrogen) atoms. The number of hydrogen-bond donors (Lipinski definition) is 0. The Balaban J connectivity index is 2.24. The Morgan fingerprint density at radius 2 is 1.75 bits per heavy atom. The van der Waals surface area contributed by atoms with E-state index in [1.807, 2.05) is 32.0 Å². The normalized spacial score (nSPS) is 12.1. The SMILES string of the molecule is COC(=O)c1ccc2c(c1)C(=O)c1c(C)cc(C)cc1-2. The molecule has 0 saturated heterocycles. The van der Waals surface area contributed by atoms with E-state index >= 15 is 0 Å². The number of rotatable bonds is 1. The fourth-order valence-corrected chi connectivity index (χ4v) is 2.83. The van der Waals surface area contributed by atoms with E-state index in [2.05, 4.69) is 0 Å². The average Bonchev–Trinajstić information content (AvgIpc) is 2.71. The highest BCUT2D eigenvalue weighted by molar-refractivity contribution is 6.23. The third-order valence-electron chi connectivity index (χ3n) is 3.68. The zero-order valence-electron chi connectivity index (χ0n) is 11.6. The lowest BCUT2D eigenvalue weighted by Gasteiger charge is -2.05. The predicted octanol–water partition coefficient (Wildman–Crippen LogP) is 3.30. The minimum atomic E-state index is -0.426. The van der Waals surface area contributed by atoms with Crippen molar-refractivity contribution in [1.29, 1.82) is 0 Å². The molecule has 2 aromatic carbocycles. The van der Waals surface area contributed by atoms with Gasteiger partial charge in [0.25, 0.3) is 0 Å². The van der Waals surface area contributed by atoms with Gasteiger partial charge < -0.3 is 4.74 Å². The van der Waals surface area contributed by atoms with Crippen LogP contribution >= 0.6 is 0 Å². The number of methoxy groups -OCH3 is 1. The molecule has 0 atom stereocenters. The van der Waals surface area contributed by atoms with E-state index < -0.39 is 5.97 Å². The Hall–Kier alpha value is -2.42. The van der Waals surface area contributed by atoms with Crippen molar-refractivity contribution in [3.63, 3.8) is 0 Å². The lowest BCUT2D eigenvalue weighted by molar-refractivity contribution is 0.0600. The van der Waals surface area contributed by atoms with Crippen LogP contribution in [-0.2, 0) is 4.74 Å². The lowest BCUT2D eigenvalue weighted by atomic mass is 9.99. The van der Waals surface area contributed by atoms with Gasteiger partial charge in [-0.05, 0) is 42.7 Å². The van der Waals surface area contributed by atoms with Crippen molar-refractivity contribution in [2.45, 2.75) is 13.8 Å². The molecule has 3 nitrogen and oxygen atoms in total. The van der Waals surface area contributed by atoms with Crippen molar-refractivity contribution in [3.8, 4) is 11.1 Å². The van der Waals surface area contributed by atoms with Crippen LogP contribution in [-0.4, -0.2) is 18.9 Å². The summed E-state index contributed by atoms with van der Waals surface area (Å²) in [5.41, 5.74) is 5.68. The van der Waals surface area contributed by atoms with Crippen molar-refractivity contribution < 1.29 is 14.3 Å². The number of carbonyl (C=O) groups excluding carboxylic acids is 2. The molecule has 0 N–H and O–H groups in total. The van der Waals surface area contributed by atoms with Gasteiger partial charge in [-0.1, -0.05) is 23.8 Å². The summed E-state index contributed by atoms with van der Waals surface area (Å²) in [6, 6.07) is 9.17. The van der Waals surface area contributed by atoms with Crippen LogP contribution in [0.5, 0.6) is 0 Å². The standard InChI is InChI=1S/C17H14O3/c1-9-6-10(2)15-13(7-9)12-5-4-11(17(19)20-3)8-14(12)16(15)18/h4-8H,1-3H3. The second-order valence-electron chi connectivity index (χ2n) is 5.09. The highest BCUT2D eigenvalue weighted by Crippen LogP contribution is 2.39. The fourth-order valence-electron chi connectivity index (χ4n) is 2.83. The molecule has 2 aromatic rings. The number of carbonyl (C=O) groups is 2. The van der Waals surface area contributed by atoms with Crippen LogP contribution in [0.1, 0.15) is 37.4 Å². The van der Waals surface area contributed by atoms with Gasteiger partial charge in [-0.3, -0.25) is 4.79 Å². The second-order valence-corrected chi connectivity index (χ2v) is 5.09. The van der Waals surface area contributed by atoms with Crippen LogP contribution in [0.4, 0.5) is 0 Å². The van der Waals surface area contributed by atoms with Crippen LogP contribution in [0.25, 0.3) is 11.1 Å². The maximum atomic E-state index is 12.5. The van der Waals surface area contributed by atoms with E-state index in [-0.39, 0.29) is 5.78 Å². The number of benzene rings is 2. The van der Waals surface area contributed by atoms with E-state index in [4.69, 9.17) is 4.74 Å². The van der Waals surface area contributed by atoms with Crippen LogP contribution in [0.2, 0.25) is 0 Å². The summed E-state index contributed by atoms with van der Waals surface area (Å²) in [5.74, 6) is -0.442. The Labute approximate surface area is 117 Å². The number of ketones is 1. The van der Waals surface area contributed by atoms with Gasteiger partial charge in [0.1, 0.15) is 0 Å². The van der Waals surface area contributed by atoms with E-state index in [1.165, 1.54) is 7.11 Å². The topological polar surface area (TPSA) is 43.4 Å². The van der Waals surface area contributed by atoms with Gasteiger partial charge in [0.05, 0.1) is 12.7 Å². The van der Waals surface area contributed by atoms with Crippen molar-refractivity contribution >= 4 is 11.8 Å². The van der Waals surface area contributed by atoms with Gasteiger partial charge in [-0.15, -0.1) is 0 Å². The molecule has 0 saturated carbocycles. The van der Waals surface area contributed by atoms with Crippen molar-refractivity contribution in [2.75, 3.05) is 7.11 Å². The lowest BCUT2D eigenvalue weighted by Crippen LogP contribution is -2.04. The molecule has 0 fully saturated rings. The largest absolute Gasteiger partial charge is 0.465 e. The fraction of sp³-hybridized carbons (Fsp3) is 0.176. The molecule has 1 aliphatic rings. The highest BCUT2D eigenvalue weighted by atomic mass is 16.5. The highest BCUT2D eigenvalue weighted by Gasteiger charge is 2.29. The monoisotopic (exact) mass is 266 g/mol. The Morgan fingerprint density at radius 3 is 2.45 bits per heavy atom. The minimum absolute atomic E-state index is 0.0155. The van der Waals surface area contributed by atoms with Gasteiger partial charge in [0.15, 0.2) is 5.78 Å². The molecule has 0 aromatic heterocycles. The van der Waals surface area contributed by atoms with E-state index in [9.17, 15) is 9.59 Å². The first-order valence-electron chi connectivity index (χ1n) is 6.41. The maximum absolute atomic E-state index is 12.5. The molecule has 1 aliphatic carbocycles. The minimum Gasteiger partial charge on any atom is -0.465 e. The molecule has 0 aliphatic heterocycles. The van der Waals surface area contributed by atoms with Crippen LogP contribution in [0, 0.1) is 13.8 Å². The number of aryl methyl sites for hydroxylation is 2. The van der Waals surface area contributed by atoms with Gasteiger partial charge in [-0.25, -0.2) is 4.79 Å². The first-order chi connectivity index (χ1) is 9.52. The summed E-state index contributed by atoms with van der Waals surface area (Å²) in [6.45, 7) is 3.95. The molecule has 0 heterocycles. The second kappa shape index (κ2) is 4.30. The molecule has 0 unspecified atom stereocenters. The summed E-state index contributed by atoms with van der Waals surface area (Å²) in [5, 5.41) is 0. The molecule has 3 heteroatoms. The van der Waals surface area contributed by atoms with Crippen molar-refractivity contribution in [1.82, 2.24) is 0 Å². The van der Waals surface area contributed by atoms with Gasteiger partial charge in [0, 0.05) is 11.1 Å². The molecule has 100 valence electrons. The Kier molecular flexibility index (Phi) is 2.71. The quantitative estimate of drug-likeness (QED) is 0.635. The Bertz CT molecular complexity index is 757. The summed E-state index contributed by atoms with van der Waals surface area (Å²) < 4.78 is 4.70. The number of fused-ring (bicyclic) bond motifs is 3. The predicted molar refractivity (Wildman–Crippen MR) is 76.1 cm³/mol. The summed E-state index contributed by atoms with van der Waals surface area (Å²) in [6.07, 6.45) is 0. The molecule has 0 bridgehead atoms. The molecular formula is C17H14O3. The Morgan fingerprint density at radius 1 is 1.00 bits per heavy atom. The van der Waals surface area contributed by atoms with Crippen LogP contribution in [0.3, 0.4) is 0 Å². The third-order valence-corrected chi connectivity index (χ3v) is 3.68. The first-order valence-corrected chi connectivity index (χ1v) is 6.41. The smallest absolute Gasteiger partial charge is 0.337 e. The molecule has 0 amide bonds. The molecular weight excluding hydrogens is 252 g/mol. The third kappa shape index (κ3) is 1.67. The average molecular weight is 266 g/mol. The molecule has 3 rings (SSSR count). The number of hydrogen-bond acceptors (Lipinski definition) is 3. The number of esters is 1. The summed E-state index contributed by atoms with van der Waals surface area (Å²) >= 11 is 0. The van der Waals surface area contributed by atoms with Crippen LogP contribution in [0.15, 0.2) is 30.3 Å². The zero-order valence-corrected chi connectivity index (χ0v) is 11.6. The maximum Gasteiger partial charge on any atom is 0.337 e. The van der Waals surface area contributed by atoms with E-state index in [0.29, 0.717) is 11.1 Å². The summed E-state index contributed by atoms with van der Waals surface area (Å²) in [7, 11) is 1.33. The van der Waals surface area contributed by atoms with Crippen LogP contribution < -0.4 is 0 Å². The van der Waals surface area contributed by atoms with Crippen molar-refractivity contribution in [2.24, 2.45) is 0 Å². The molecule has 0 spiro atoms. The van der Waals surface area contributed by atoms with Crippen molar-refractivity contribution in [3.05, 3.63) is 58.1 Å². The van der Waals surface area contributed by atoms with Gasteiger partial charge in [0.2, 0.25) is 0 Å². The summed E-state index contributed by atoms with van der Waals surface area (Å²) in [4.78, 5) is 24.1. The van der Waals surface area contributed by atoms with E-state index in [0.717, 1.165) is 27.8 Å². The van der Waals surface area contributed by atoms with Gasteiger partial charge >= 0.3 is 5.97 Å². The zero-order chi connectivity index (χ0) is 14.4. The number of ether oxygens (including phenoxy) is 1. The molecule has 0 radical (unpaired) electrons. The van der Waals surface area contributed by atoms with Gasteiger partial charge in [-0.2, -0.15) is 0 Å². The van der Waals surface area contributed by atoms with E-state index in [1.54, 1.807) is 12.1 Å².